The first kappa shape index (κ1) is 18.7. The van der Waals surface area contributed by atoms with E-state index in [2.05, 4.69) is 10.3 Å². The zero-order chi connectivity index (χ0) is 18.2. The maximum Gasteiger partial charge on any atom is 0.322 e. The second kappa shape index (κ2) is 9.03. The monoisotopic (exact) mass is 342 g/mol. The summed E-state index contributed by atoms with van der Waals surface area (Å²) in [7, 11) is 3.91. The van der Waals surface area contributed by atoms with Crippen LogP contribution in [0.1, 0.15) is 18.9 Å². The summed E-state index contributed by atoms with van der Waals surface area (Å²) in [6, 6.07) is 10.9. The minimum absolute atomic E-state index is 0.0766. The molecule has 0 fully saturated rings. The van der Waals surface area contributed by atoms with Crippen LogP contribution >= 0.6 is 0 Å². The molecule has 2 amide bonds. The lowest BCUT2D eigenvalue weighted by molar-refractivity contribution is 0.134. The number of benzene rings is 1. The van der Waals surface area contributed by atoms with Crippen LogP contribution < -0.4 is 10.2 Å². The molecule has 6 heteroatoms. The average molecular weight is 342 g/mol. The van der Waals surface area contributed by atoms with Gasteiger partial charge in [-0.2, -0.15) is 0 Å². The molecule has 0 radical (unpaired) electrons. The number of aliphatic hydroxyl groups is 1. The van der Waals surface area contributed by atoms with Crippen LogP contribution in [0.4, 0.5) is 16.2 Å². The number of anilines is 2. The quantitative estimate of drug-likeness (QED) is 0.812. The summed E-state index contributed by atoms with van der Waals surface area (Å²) in [6.07, 6.45) is 4.07. The van der Waals surface area contributed by atoms with Crippen LogP contribution in [0.15, 0.2) is 48.8 Å². The van der Waals surface area contributed by atoms with Gasteiger partial charge in [0.2, 0.25) is 0 Å². The standard InChI is InChI=1S/C19H26N4O2/c1-4-17(14-24)23(13-15-8-10-20-11-9-15)19(25)21-16-6-5-7-18(12-16)22(2)3/h5-12,17,24H,4,13-14H2,1-3H3,(H,21,25)/t17-/m0/s1. The van der Waals surface area contributed by atoms with E-state index in [-0.39, 0.29) is 18.7 Å². The first-order valence-electron chi connectivity index (χ1n) is 8.40. The number of hydrogen-bond acceptors (Lipinski definition) is 4. The van der Waals surface area contributed by atoms with Gasteiger partial charge in [0.25, 0.3) is 0 Å². The molecule has 0 saturated heterocycles. The Labute approximate surface area is 149 Å². The Morgan fingerprint density at radius 3 is 2.56 bits per heavy atom. The summed E-state index contributed by atoms with van der Waals surface area (Å²) in [5, 5.41) is 12.6. The van der Waals surface area contributed by atoms with Crippen LogP contribution in [0.5, 0.6) is 0 Å². The van der Waals surface area contributed by atoms with Crippen molar-refractivity contribution in [1.82, 2.24) is 9.88 Å². The Morgan fingerprint density at radius 2 is 1.96 bits per heavy atom. The van der Waals surface area contributed by atoms with Gasteiger partial charge in [0.05, 0.1) is 12.6 Å². The van der Waals surface area contributed by atoms with E-state index in [1.54, 1.807) is 17.3 Å². The van der Waals surface area contributed by atoms with Crippen molar-refractivity contribution in [3.05, 3.63) is 54.4 Å². The molecule has 1 aromatic carbocycles. The van der Waals surface area contributed by atoms with Crippen molar-refractivity contribution in [1.29, 1.82) is 0 Å². The third kappa shape index (κ3) is 5.19. The van der Waals surface area contributed by atoms with Crippen molar-refractivity contribution in [3.63, 3.8) is 0 Å². The Morgan fingerprint density at radius 1 is 1.24 bits per heavy atom. The molecule has 134 valence electrons. The molecule has 0 bridgehead atoms. The Balaban J connectivity index is 2.18. The van der Waals surface area contributed by atoms with Crippen molar-refractivity contribution >= 4 is 17.4 Å². The van der Waals surface area contributed by atoms with Gasteiger partial charge in [-0.15, -0.1) is 0 Å². The van der Waals surface area contributed by atoms with Gasteiger partial charge >= 0.3 is 6.03 Å². The summed E-state index contributed by atoms with van der Waals surface area (Å²) < 4.78 is 0. The number of hydrogen-bond donors (Lipinski definition) is 2. The summed E-state index contributed by atoms with van der Waals surface area (Å²) in [5.41, 5.74) is 2.70. The normalized spacial score (nSPS) is 11.7. The molecule has 2 aromatic rings. The van der Waals surface area contributed by atoms with E-state index in [1.807, 2.05) is 62.3 Å². The summed E-state index contributed by atoms with van der Waals surface area (Å²) in [6.45, 7) is 2.30. The molecular formula is C19H26N4O2. The van der Waals surface area contributed by atoms with Crippen LogP contribution in [-0.4, -0.2) is 47.8 Å². The third-order valence-electron chi connectivity index (χ3n) is 4.10. The van der Waals surface area contributed by atoms with Gasteiger partial charge in [0.15, 0.2) is 0 Å². The Hall–Kier alpha value is -2.60. The second-order valence-corrected chi connectivity index (χ2v) is 6.10. The number of nitrogens with one attached hydrogen (secondary N) is 1. The van der Waals surface area contributed by atoms with Crippen molar-refractivity contribution in [2.45, 2.75) is 25.9 Å². The van der Waals surface area contributed by atoms with E-state index >= 15 is 0 Å². The van der Waals surface area contributed by atoms with Crippen LogP contribution in [-0.2, 0) is 6.54 Å². The lowest BCUT2D eigenvalue weighted by atomic mass is 10.1. The lowest BCUT2D eigenvalue weighted by Gasteiger charge is -2.30. The summed E-state index contributed by atoms with van der Waals surface area (Å²) >= 11 is 0. The fraction of sp³-hybridized carbons (Fsp3) is 0.368. The number of carbonyl (C=O) groups excluding carboxylic acids is 1. The molecule has 0 spiro atoms. The Kier molecular flexibility index (Phi) is 6.77. The largest absolute Gasteiger partial charge is 0.394 e. The fourth-order valence-corrected chi connectivity index (χ4v) is 2.56. The molecular weight excluding hydrogens is 316 g/mol. The molecule has 0 unspecified atom stereocenters. The maximum absolute atomic E-state index is 12.8. The average Bonchev–Trinajstić information content (AvgIpc) is 2.63. The van der Waals surface area contributed by atoms with Crippen LogP contribution in [0, 0.1) is 0 Å². The van der Waals surface area contributed by atoms with Gasteiger partial charge in [-0.3, -0.25) is 4.98 Å². The zero-order valence-electron chi connectivity index (χ0n) is 15.0. The topological polar surface area (TPSA) is 68.7 Å². The van der Waals surface area contributed by atoms with E-state index in [4.69, 9.17) is 0 Å². The fourth-order valence-electron chi connectivity index (χ4n) is 2.56. The molecule has 0 aliphatic heterocycles. The van der Waals surface area contributed by atoms with Crippen LogP contribution in [0.25, 0.3) is 0 Å². The van der Waals surface area contributed by atoms with Gasteiger partial charge in [-0.25, -0.2) is 4.79 Å². The molecule has 6 nitrogen and oxygen atoms in total. The van der Waals surface area contributed by atoms with Crippen LogP contribution in [0.2, 0.25) is 0 Å². The smallest absolute Gasteiger partial charge is 0.322 e. The highest BCUT2D eigenvalue weighted by Crippen LogP contribution is 2.19. The number of nitrogens with zero attached hydrogens (tertiary/aromatic N) is 3. The molecule has 0 saturated carbocycles. The lowest BCUT2D eigenvalue weighted by Crippen LogP contribution is -2.44. The highest BCUT2D eigenvalue weighted by molar-refractivity contribution is 5.90. The SMILES string of the molecule is CC[C@@H](CO)N(Cc1ccncc1)C(=O)Nc1cccc(N(C)C)c1. The molecule has 0 aliphatic carbocycles. The highest BCUT2D eigenvalue weighted by Gasteiger charge is 2.22. The number of aliphatic hydroxyl groups excluding tert-OH is 1. The number of aromatic nitrogens is 1. The number of amides is 2. The minimum atomic E-state index is -0.245. The predicted molar refractivity (Wildman–Crippen MR) is 101 cm³/mol. The number of carbonyl (C=O) groups is 1. The number of rotatable bonds is 7. The minimum Gasteiger partial charge on any atom is -0.394 e. The van der Waals surface area contributed by atoms with E-state index in [1.165, 1.54) is 0 Å². The van der Waals surface area contributed by atoms with E-state index < -0.39 is 0 Å². The molecule has 1 aromatic heterocycles. The van der Waals surface area contributed by atoms with E-state index in [0.29, 0.717) is 13.0 Å². The van der Waals surface area contributed by atoms with E-state index in [0.717, 1.165) is 16.9 Å². The second-order valence-electron chi connectivity index (χ2n) is 6.10. The third-order valence-corrected chi connectivity index (χ3v) is 4.10. The van der Waals surface area contributed by atoms with Gasteiger partial charge in [0.1, 0.15) is 0 Å². The van der Waals surface area contributed by atoms with E-state index in [9.17, 15) is 9.90 Å². The van der Waals surface area contributed by atoms with Crippen molar-refractivity contribution in [2.24, 2.45) is 0 Å². The molecule has 1 heterocycles. The first-order valence-corrected chi connectivity index (χ1v) is 8.40. The zero-order valence-corrected chi connectivity index (χ0v) is 15.0. The number of pyridine rings is 1. The molecule has 1 atom stereocenters. The summed E-state index contributed by atoms with van der Waals surface area (Å²) in [5.74, 6) is 0. The maximum atomic E-state index is 12.8. The van der Waals surface area contributed by atoms with Gasteiger partial charge in [-0.1, -0.05) is 13.0 Å². The molecule has 2 rings (SSSR count). The van der Waals surface area contributed by atoms with Crippen LogP contribution in [0.3, 0.4) is 0 Å². The van der Waals surface area contributed by atoms with Crippen molar-refractivity contribution < 1.29 is 9.90 Å². The molecule has 25 heavy (non-hydrogen) atoms. The van der Waals surface area contributed by atoms with Crippen molar-refractivity contribution in [3.8, 4) is 0 Å². The molecule has 2 N–H and O–H groups in total. The van der Waals surface area contributed by atoms with Gasteiger partial charge in [0, 0.05) is 44.4 Å². The van der Waals surface area contributed by atoms with Gasteiger partial charge in [-0.05, 0) is 42.3 Å². The number of urea groups is 1. The first-order chi connectivity index (χ1) is 12.0. The predicted octanol–water partition coefficient (Wildman–Crippen LogP) is 2.95. The molecule has 0 aliphatic rings. The van der Waals surface area contributed by atoms with Crippen molar-refractivity contribution in [2.75, 3.05) is 30.9 Å². The Bertz CT molecular complexity index is 672. The van der Waals surface area contributed by atoms with Gasteiger partial charge < -0.3 is 20.2 Å². The highest BCUT2D eigenvalue weighted by atomic mass is 16.3. The summed E-state index contributed by atoms with van der Waals surface area (Å²) in [4.78, 5) is 20.5.